The molecule has 2 atom stereocenters. The molecule has 0 radical (unpaired) electrons. The van der Waals surface area contributed by atoms with Crippen LogP contribution in [0.25, 0.3) is 0 Å². The second-order valence-corrected chi connectivity index (χ2v) is 5.35. The number of hydrogen-bond donors (Lipinski definition) is 2. The van der Waals surface area contributed by atoms with Crippen LogP contribution in [0.15, 0.2) is 29.2 Å². The Kier molecular flexibility index (Phi) is 4.94. The van der Waals surface area contributed by atoms with Crippen LogP contribution in [0.4, 0.5) is 0 Å². The van der Waals surface area contributed by atoms with E-state index in [0.29, 0.717) is 0 Å². The number of nitrogens with one attached hydrogen (secondary N) is 1. The molecule has 1 aromatic carbocycles. The van der Waals surface area contributed by atoms with E-state index in [4.69, 9.17) is 17.0 Å². The number of ether oxygens (including phenoxy) is 1. The Bertz CT molecular complexity index is 430. The van der Waals surface area contributed by atoms with Crippen molar-refractivity contribution in [1.82, 2.24) is 5.43 Å². The van der Waals surface area contributed by atoms with Crippen LogP contribution in [-0.2, 0) is 0 Å². The minimum Gasteiger partial charge on any atom is -0.487 e. The van der Waals surface area contributed by atoms with Gasteiger partial charge in [0, 0.05) is 17.1 Å². The molecule has 96 valence electrons. The number of terminal acetylenes is 1. The fourth-order valence-electron chi connectivity index (χ4n) is 2.03. The maximum Gasteiger partial charge on any atom is 0.133 e. The average molecular weight is 262 g/mol. The molecule has 0 aromatic heterocycles. The summed E-state index contributed by atoms with van der Waals surface area (Å²) in [5, 5.41) is 0. The Morgan fingerprint density at radius 3 is 3.17 bits per heavy atom. The van der Waals surface area contributed by atoms with E-state index in [-0.39, 0.29) is 12.1 Å². The molecular formula is C14H18N2OS. The van der Waals surface area contributed by atoms with Gasteiger partial charge in [0.25, 0.3) is 0 Å². The summed E-state index contributed by atoms with van der Waals surface area (Å²) in [7, 11) is 0. The van der Waals surface area contributed by atoms with Gasteiger partial charge in [-0.05, 0) is 25.0 Å². The molecule has 0 saturated heterocycles. The third-order valence-corrected chi connectivity index (χ3v) is 4.17. The fraction of sp³-hybridized carbons (Fsp3) is 0.429. The quantitative estimate of drug-likeness (QED) is 0.369. The van der Waals surface area contributed by atoms with Gasteiger partial charge in [0.05, 0.1) is 6.04 Å². The number of hydrazine groups is 1. The summed E-state index contributed by atoms with van der Waals surface area (Å²) in [4.78, 5) is 1.20. The largest absolute Gasteiger partial charge is 0.487 e. The lowest BCUT2D eigenvalue weighted by Gasteiger charge is -2.31. The Balaban J connectivity index is 1.96. The maximum atomic E-state index is 6.00. The summed E-state index contributed by atoms with van der Waals surface area (Å²) in [6, 6.07) is 8.26. The predicted octanol–water partition coefficient (Wildman–Crippen LogP) is 2.18. The molecule has 0 fully saturated rings. The average Bonchev–Trinajstić information content (AvgIpc) is 2.43. The summed E-state index contributed by atoms with van der Waals surface area (Å²) in [6.45, 7) is 0. The molecule has 0 amide bonds. The second-order valence-electron chi connectivity index (χ2n) is 4.28. The number of fused-ring (bicyclic) bond motifs is 1. The standard InChI is InChI=1S/C14H18N2OS/c1-2-3-4-7-11(16-15)13-10-18-14-9-6-5-8-12(14)17-13/h1,5-6,8-9,11,13,16H,3-4,7,10,15H2. The van der Waals surface area contributed by atoms with E-state index in [9.17, 15) is 0 Å². The first-order valence-corrected chi connectivity index (χ1v) is 7.11. The highest BCUT2D eigenvalue weighted by molar-refractivity contribution is 7.99. The first kappa shape index (κ1) is 13.3. The third-order valence-electron chi connectivity index (χ3n) is 3.03. The number of benzene rings is 1. The Morgan fingerprint density at radius 2 is 2.39 bits per heavy atom. The molecule has 1 aliphatic heterocycles. The summed E-state index contributed by atoms with van der Waals surface area (Å²) in [6.07, 6.45) is 8.06. The molecule has 1 aromatic rings. The molecule has 18 heavy (non-hydrogen) atoms. The van der Waals surface area contributed by atoms with Crippen LogP contribution in [-0.4, -0.2) is 17.9 Å². The van der Waals surface area contributed by atoms with Crippen molar-refractivity contribution in [2.45, 2.75) is 36.3 Å². The third kappa shape index (κ3) is 3.20. The molecule has 0 bridgehead atoms. The molecule has 0 aliphatic carbocycles. The predicted molar refractivity (Wildman–Crippen MR) is 75.4 cm³/mol. The van der Waals surface area contributed by atoms with Crippen molar-refractivity contribution in [2.75, 3.05) is 5.75 Å². The smallest absolute Gasteiger partial charge is 0.133 e. The zero-order valence-electron chi connectivity index (χ0n) is 10.3. The van der Waals surface area contributed by atoms with Gasteiger partial charge in [-0.3, -0.25) is 11.3 Å². The lowest BCUT2D eigenvalue weighted by Crippen LogP contribution is -2.48. The molecule has 1 heterocycles. The van der Waals surface area contributed by atoms with Crippen LogP contribution >= 0.6 is 11.8 Å². The van der Waals surface area contributed by atoms with Gasteiger partial charge in [-0.2, -0.15) is 0 Å². The van der Waals surface area contributed by atoms with Gasteiger partial charge in [-0.25, -0.2) is 0 Å². The molecule has 2 rings (SSSR count). The molecular weight excluding hydrogens is 244 g/mol. The SMILES string of the molecule is C#CCCCC(NN)C1CSc2ccccc2O1. The van der Waals surface area contributed by atoms with E-state index in [1.165, 1.54) is 4.90 Å². The Morgan fingerprint density at radius 1 is 1.56 bits per heavy atom. The number of para-hydroxylation sites is 1. The van der Waals surface area contributed by atoms with Gasteiger partial charge >= 0.3 is 0 Å². The van der Waals surface area contributed by atoms with Gasteiger partial charge in [0.15, 0.2) is 0 Å². The minimum absolute atomic E-state index is 0.104. The minimum atomic E-state index is 0.104. The van der Waals surface area contributed by atoms with Crippen molar-refractivity contribution in [3.63, 3.8) is 0 Å². The molecule has 2 unspecified atom stereocenters. The van der Waals surface area contributed by atoms with Crippen LogP contribution < -0.4 is 16.0 Å². The van der Waals surface area contributed by atoms with Crippen molar-refractivity contribution in [2.24, 2.45) is 5.84 Å². The number of thioether (sulfide) groups is 1. The summed E-state index contributed by atoms with van der Waals surface area (Å²) in [5.41, 5.74) is 2.85. The van der Waals surface area contributed by atoms with Gasteiger partial charge in [0.2, 0.25) is 0 Å². The van der Waals surface area contributed by atoms with Crippen molar-refractivity contribution in [3.05, 3.63) is 24.3 Å². The van der Waals surface area contributed by atoms with E-state index in [2.05, 4.69) is 17.4 Å². The molecule has 0 spiro atoms. The van der Waals surface area contributed by atoms with E-state index in [1.807, 2.05) is 30.0 Å². The van der Waals surface area contributed by atoms with Crippen LogP contribution in [0.3, 0.4) is 0 Å². The monoisotopic (exact) mass is 262 g/mol. The normalized spacial score (nSPS) is 19.4. The summed E-state index contributed by atoms with van der Waals surface area (Å²) >= 11 is 1.82. The van der Waals surface area contributed by atoms with Crippen molar-refractivity contribution < 1.29 is 4.74 Å². The van der Waals surface area contributed by atoms with Crippen molar-refractivity contribution >= 4 is 11.8 Å². The van der Waals surface area contributed by atoms with E-state index < -0.39 is 0 Å². The highest BCUT2D eigenvalue weighted by atomic mass is 32.2. The van der Waals surface area contributed by atoms with Crippen LogP contribution in [0.2, 0.25) is 0 Å². The van der Waals surface area contributed by atoms with E-state index >= 15 is 0 Å². The fourth-order valence-corrected chi connectivity index (χ4v) is 3.11. The number of nitrogens with two attached hydrogens (primary N) is 1. The van der Waals surface area contributed by atoms with Gasteiger partial charge in [-0.1, -0.05) is 12.1 Å². The Hall–Kier alpha value is -1.15. The first-order valence-electron chi connectivity index (χ1n) is 6.13. The van der Waals surface area contributed by atoms with Gasteiger partial charge in [0.1, 0.15) is 11.9 Å². The Labute approximate surface area is 112 Å². The van der Waals surface area contributed by atoms with Crippen molar-refractivity contribution in [3.8, 4) is 18.1 Å². The lowest BCUT2D eigenvalue weighted by atomic mass is 10.1. The van der Waals surface area contributed by atoms with E-state index in [1.54, 1.807) is 0 Å². The van der Waals surface area contributed by atoms with E-state index in [0.717, 1.165) is 30.8 Å². The number of unbranched alkanes of at least 4 members (excludes halogenated alkanes) is 1. The zero-order valence-corrected chi connectivity index (χ0v) is 11.1. The molecule has 4 heteroatoms. The molecule has 3 N–H and O–H groups in total. The number of hydrogen-bond acceptors (Lipinski definition) is 4. The van der Waals surface area contributed by atoms with Crippen molar-refractivity contribution in [1.29, 1.82) is 0 Å². The molecule has 1 aliphatic rings. The summed E-state index contributed by atoms with van der Waals surface area (Å²) < 4.78 is 6.00. The maximum absolute atomic E-state index is 6.00. The highest BCUT2D eigenvalue weighted by Crippen LogP contribution is 2.36. The molecule has 3 nitrogen and oxygen atoms in total. The first-order chi connectivity index (χ1) is 8.85. The number of rotatable bonds is 5. The molecule has 0 saturated carbocycles. The zero-order chi connectivity index (χ0) is 12.8. The van der Waals surface area contributed by atoms with Crippen LogP contribution in [0.5, 0.6) is 5.75 Å². The lowest BCUT2D eigenvalue weighted by molar-refractivity contribution is 0.160. The van der Waals surface area contributed by atoms with Gasteiger partial charge < -0.3 is 4.74 Å². The van der Waals surface area contributed by atoms with Crippen LogP contribution in [0, 0.1) is 12.3 Å². The van der Waals surface area contributed by atoms with Gasteiger partial charge in [-0.15, -0.1) is 24.1 Å². The highest BCUT2D eigenvalue weighted by Gasteiger charge is 2.26. The topological polar surface area (TPSA) is 47.3 Å². The second kappa shape index (κ2) is 6.69. The summed E-state index contributed by atoms with van der Waals surface area (Å²) in [5.74, 6) is 10.1. The van der Waals surface area contributed by atoms with Crippen LogP contribution in [0.1, 0.15) is 19.3 Å².